The van der Waals surface area contributed by atoms with Crippen molar-refractivity contribution in [2.45, 2.75) is 38.8 Å². The molecule has 1 saturated heterocycles. The van der Waals surface area contributed by atoms with Gasteiger partial charge in [0.1, 0.15) is 11.5 Å². The highest BCUT2D eigenvalue weighted by Gasteiger charge is 2.30. The van der Waals surface area contributed by atoms with Gasteiger partial charge in [0.25, 0.3) is 5.56 Å². The van der Waals surface area contributed by atoms with Crippen LogP contribution < -0.4 is 5.56 Å². The fraction of sp³-hybridized carbons (Fsp3) is 0.364. The molecule has 28 heavy (non-hydrogen) atoms. The van der Waals surface area contributed by atoms with Crippen molar-refractivity contribution < 1.29 is 9.52 Å². The number of likely N-dealkylation sites (tertiary alicyclic amines) is 1. The van der Waals surface area contributed by atoms with E-state index in [-0.39, 0.29) is 17.4 Å². The summed E-state index contributed by atoms with van der Waals surface area (Å²) in [6.45, 7) is 3.97. The highest BCUT2D eigenvalue weighted by Crippen LogP contribution is 2.34. The Morgan fingerprint density at radius 1 is 1.18 bits per heavy atom. The van der Waals surface area contributed by atoms with E-state index < -0.39 is 0 Å². The van der Waals surface area contributed by atoms with Crippen molar-refractivity contribution in [2.75, 3.05) is 13.1 Å². The Bertz CT molecular complexity index is 974. The molecule has 1 aliphatic heterocycles. The molecule has 3 aromatic rings. The van der Waals surface area contributed by atoms with Crippen molar-refractivity contribution in [1.29, 1.82) is 0 Å². The van der Waals surface area contributed by atoms with Crippen LogP contribution in [-0.2, 0) is 6.54 Å². The van der Waals surface area contributed by atoms with Crippen LogP contribution in [0.1, 0.15) is 47.9 Å². The molecule has 0 radical (unpaired) electrons. The first-order chi connectivity index (χ1) is 13.6. The molecule has 1 N–H and O–H groups in total. The number of nitrogens with zero attached hydrogens (tertiary/aromatic N) is 3. The molecule has 3 aromatic heterocycles. The summed E-state index contributed by atoms with van der Waals surface area (Å²) < 4.78 is 7.11. The number of piperidine rings is 1. The summed E-state index contributed by atoms with van der Waals surface area (Å²) in [5, 5.41) is 10.8. The third-order valence-electron chi connectivity index (χ3n) is 5.47. The van der Waals surface area contributed by atoms with E-state index in [2.05, 4.69) is 9.88 Å². The SMILES string of the molecule is Cc1cc(O)c([C@H](c2ccncc2)N2CCCCC2)c(=O)n1Cc1ccco1. The largest absolute Gasteiger partial charge is 0.507 e. The van der Waals surface area contributed by atoms with Gasteiger partial charge in [-0.2, -0.15) is 0 Å². The number of furan rings is 1. The molecule has 0 bridgehead atoms. The van der Waals surface area contributed by atoms with Gasteiger partial charge in [-0.05, 0) is 68.8 Å². The third-order valence-corrected chi connectivity index (χ3v) is 5.47. The number of rotatable bonds is 5. The van der Waals surface area contributed by atoms with Crippen LogP contribution >= 0.6 is 0 Å². The summed E-state index contributed by atoms with van der Waals surface area (Å²) in [7, 11) is 0. The second kappa shape index (κ2) is 8.02. The molecule has 0 unspecified atom stereocenters. The normalized spacial score (nSPS) is 16.2. The average Bonchev–Trinajstić information content (AvgIpc) is 3.23. The van der Waals surface area contributed by atoms with Crippen LogP contribution in [0.2, 0.25) is 0 Å². The van der Waals surface area contributed by atoms with Crippen molar-refractivity contribution in [3.05, 3.63) is 81.9 Å². The zero-order chi connectivity index (χ0) is 19.5. The first kappa shape index (κ1) is 18.5. The fourth-order valence-corrected chi connectivity index (χ4v) is 4.06. The Balaban J connectivity index is 1.84. The molecule has 6 heteroatoms. The quantitative estimate of drug-likeness (QED) is 0.735. The lowest BCUT2D eigenvalue weighted by atomic mass is 9.95. The molecule has 146 valence electrons. The molecule has 4 heterocycles. The zero-order valence-electron chi connectivity index (χ0n) is 16.0. The van der Waals surface area contributed by atoms with Gasteiger partial charge in [0.2, 0.25) is 0 Å². The van der Waals surface area contributed by atoms with Crippen LogP contribution in [0.25, 0.3) is 0 Å². The lowest BCUT2D eigenvalue weighted by Crippen LogP contribution is -2.38. The maximum absolute atomic E-state index is 13.5. The third kappa shape index (κ3) is 3.60. The Kier molecular flexibility index (Phi) is 5.30. The molecule has 6 nitrogen and oxygen atoms in total. The van der Waals surface area contributed by atoms with Crippen LogP contribution in [0.5, 0.6) is 5.75 Å². The molecule has 1 fully saturated rings. The van der Waals surface area contributed by atoms with Gasteiger partial charge in [0, 0.05) is 18.1 Å². The molecule has 1 atom stereocenters. The van der Waals surface area contributed by atoms with Crippen molar-refractivity contribution in [3.63, 3.8) is 0 Å². The maximum atomic E-state index is 13.5. The topological polar surface area (TPSA) is 71.5 Å². The van der Waals surface area contributed by atoms with Crippen LogP contribution in [0, 0.1) is 6.92 Å². The van der Waals surface area contributed by atoms with E-state index in [0.717, 1.165) is 31.5 Å². The van der Waals surface area contributed by atoms with Crippen molar-refractivity contribution in [3.8, 4) is 5.75 Å². The Labute approximate surface area is 164 Å². The van der Waals surface area contributed by atoms with Crippen molar-refractivity contribution >= 4 is 0 Å². The number of aryl methyl sites for hydroxylation is 1. The van der Waals surface area contributed by atoms with Crippen LogP contribution in [0.3, 0.4) is 0 Å². The molecule has 0 aliphatic carbocycles. The molecule has 0 spiro atoms. The number of aromatic nitrogens is 2. The van der Waals surface area contributed by atoms with E-state index in [9.17, 15) is 9.90 Å². The highest BCUT2D eigenvalue weighted by atomic mass is 16.3. The van der Waals surface area contributed by atoms with Crippen molar-refractivity contribution in [2.24, 2.45) is 0 Å². The summed E-state index contributed by atoms with van der Waals surface area (Å²) >= 11 is 0. The zero-order valence-corrected chi connectivity index (χ0v) is 16.0. The number of pyridine rings is 2. The van der Waals surface area contributed by atoms with Gasteiger partial charge in [0.15, 0.2) is 0 Å². The molecular weight excluding hydrogens is 354 g/mol. The van der Waals surface area contributed by atoms with E-state index in [0.29, 0.717) is 23.6 Å². The van der Waals surface area contributed by atoms with E-state index in [1.165, 1.54) is 6.42 Å². The van der Waals surface area contributed by atoms with Crippen molar-refractivity contribution in [1.82, 2.24) is 14.5 Å². The smallest absolute Gasteiger partial charge is 0.260 e. The lowest BCUT2D eigenvalue weighted by Gasteiger charge is -2.35. The van der Waals surface area contributed by atoms with E-state index >= 15 is 0 Å². The number of hydrogen-bond donors (Lipinski definition) is 1. The van der Waals surface area contributed by atoms with Gasteiger partial charge in [-0.25, -0.2) is 0 Å². The molecule has 0 amide bonds. The summed E-state index contributed by atoms with van der Waals surface area (Å²) in [4.78, 5) is 19.9. The monoisotopic (exact) mass is 379 g/mol. The predicted molar refractivity (Wildman–Crippen MR) is 106 cm³/mol. The number of hydrogen-bond acceptors (Lipinski definition) is 5. The van der Waals surface area contributed by atoms with Gasteiger partial charge in [-0.3, -0.25) is 14.7 Å². The minimum atomic E-state index is -0.292. The minimum absolute atomic E-state index is 0.0468. The lowest BCUT2D eigenvalue weighted by molar-refractivity contribution is 0.183. The highest BCUT2D eigenvalue weighted by molar-refractivity contribution is 5.40. The van der Waals surface area contributed by atoms with E-state index in [1.807, 2.05) is 31.2 Å². The molecule has 0 aromatic carbocycles. The number of aromatic hydroxyl groups is 1. The second-order valence-electron chi connectivity index (χ2n) is 7.34. The first-order valence-electron chi connectivity index (χ1n) is 9.75. The van der Waals surface area contributed by atoms with Gasteiger partial charge in [0.05, 0.1) is 24.4 Å². The summed E-state index contributed by atoms with van der Waals surface area (Å²) in [5.41, 5.74) is 1.92. The first-order valence-corrected chi connectivity index (χ1v) is 9.75. The van der Waals surface area contributed by atoms with E-state index in [1.54, 1.807) is 29.3 Å². The fourth-order valence-electron chi connectivity index (χ4n) is 4.06. The summed E-state index contributed by atoms with van der Waals surface area (Å²) in [6, 6.07) is 8.90. The maximum Gasteiger partial charge on any atom is 0.260 e. The standard InChI is InChI=1S/C22H25N3O3/c1-16-14-19(26)20(22(27)25(16)15-18-6-5-13-28-18)21(17-7-9-23-10-8-17)24-11-3-2-4-12-24/h5-10,13-14,21,26H,2-4,11-12,15H2,1H3/t21-/m0/s1. The van der Waals surface area contributed by atoms with Crippen LogP contribution in [0.15, 0.2) is 58.2 Å². The molecule has 4 rings (SSSR count). The van der Waals surface area contributed by atoms with Gasteiger partial charge >= 0.3 is 0 Å². The second-order valence-corrected chi connectivity index (χ2v) is 7.34. The predicted octanol–water partition coefficient (Wildman–Crippen LogP) is 3.47. The van der Waals surface area contributed by atoms with Crippen LogP contribution in [-0.4, -0.2) is 32.6 Å². The molecule has 0 saturated carbocycles. The minimum Gasteiger partial charge on any atom is -0.507 e. The summed E-state index contributed by atoms with van der Waals surface area (Å²) in [5.74, 6) is 0.755. The molecular formula is C22H25N3O3. The Morgan fingerprint density at radius 3 is 2.61 bits per heavy atom. The molecule has 1 aliphatic rings. The Morgan fingerprint density at radius 2 is 1.93 bits per heavy atom. The van der Waals surface area contributed by atoms with Gasteiger partial charge in [-0.15, -0.1) is 0 Å². The average molecular weight is 379 g/mol. The van der Waals surface area contributed by atoms with Gasteiger partial charge in [-0.1, -0.05) is 6.42 Å². The van der Waals surface area contributed by atoms with Crippen LogP contribution in [0.4, 0.5) is 0 Å². The summed E-state index contributed by atoms with van der Waals surface area (Å²) in [6.07, 6.45) is 8.45. The Hall–Kier alpha value is -2.86. The van der Waals surface area contributed by atoms with E-state index in [4.69, 9.17) is 4.42 Å². The van der Waals surface area contributed by atoms with Gasteiger partial charge < -0.3 is 14.1 Å².